The van der Waals surface area contributed by atoms with Crippen molar-refractivity contribution in [2.75, 3.05) is 26.2 Å². The van der Waals surface area contributed by atoms with Gasteiger partial charge in [-0.2, -0.15) is 0 Å². The van der Waals surface area contributed by atoms with Crippen LogP contribution in [0, 0.1) is 0 Å². The van der Waals surface area contributed by atoms with Gasteiger partial charge in [-0.25, -0.2) is 4.79 Å². The standard InChI is InChI=1S/C33H41N3O5/c1-2-34-33(39)35-19-24-5-3-6-28(17-24)25-12-14-27(15-13-25)32-40-30(20-36-16-4-7-29(36)22-38)18-31(41-32)26-10-8-23(21-37)9-11-26/h3,5-6,8-15,17,29-32,37-38H,2,4,7,16,18-22H2,1H3,(H2,34,35,39)/t29-,30+,31-,32-/m0/s1. The van der Waals surface area contributed by atoms with Crippen LogP contribution in [0.5, 0.6) is 0 Å². The zero-order chi connectivity index (χ0) is 28.6. The molecule has 5 rings (SSSR count). The van der Waals surface area contributed by atoms with Crippen LogP contribution in [0.2, 0.25) is 0 Å². The van der Waals surface area contributed by atoms with Gasteiger partial charge < -0.3 is 30.3 Å². The van der Waals surface area contributed by atoms with Crippen LogP contribution in [0.1, 0.15) is 60.8 Å². The second-order valence-corrected chi connectivity index (χ2v) is 10.9. The molecule has 2 aliphatic heterocycles. The number of hydrogen-bond donors (Lipinski definition) is 4. The summed E-state index contributed by atoms with van der Waals surface area (Å²) in [5, 5.41) is 24.9. The van der Waals surface area contributed by atoms with Gasteiger partial charge in [-0.15, -0.1) is 0 Å². The van der Waals surface area contributed by atoms with Crippen LogP contribution in [-0.2, 0) is 22.6 Å². The van der Waals surface area contributed by atoms with Gasteiger partial charge in [-0.1, -0.05) is 66.7 Å². The average molecular weight is 560 g/mol. The first-order chi connectivity index (χ1) is 20.1. The molecule has 2 saturated heterocycles. The molecule has 2 amide bonds. The van der Waals surface area contributed by atoms with Gasteiger partial charge in [0.15, 0.2) is 6.29 Å². The molecule has 218 valence electrons. The molecule has 2 heterocycles. The Labute approximate surface area is 242 Å². The molecule has 8 heteroatoms. The molecule has 0 radical (unpaired) electrons. The topological polar surface area (TPSA) is 103 Å². The summed E-state index contributed by atoms with van der Waals surface area (Å²) in [6.07, 6.45) is 2.12. The smallest absolute Gasteiger partial charge is 0.315 e. The van der Waals surface area contributed by atoms with Gasteiger partial charge in [0.25, 0.3) is 0 Å². The lowest BCUT2D eigenvalue weighted by molar-refractivity contribution is -0.253. The Balaban J connectivity index is 1.31. The van der Waals surface area contributed by atoms with Gasteiger partial charge in [0.05, 0.1) is 25.4 Å². The van der Waals surface area contributed by atoms with E-state index in [4.69, 9.17) is 9.47 Å². The molecule has 2 aliphatic rings. The Morgan fingerprint density at radius 1 is 0.927 bits per heavy atom. The predicted octanol–water partition coefficient (Wildman–Crippen LogP) is 4.67. The highest BCUT2D eigenvalue weighted by atomic mass is 16.7. The lowest BCUT2D eigenvalue weighted by Gasteiger charge is -2.38. The van der Waals surface area contributed by atoms with Crippen molar-refractivity contribution in [2.24, 2.45) is 0 Å². The summed E-state index contributed by atoms with van der Waals surface area (Å²) in [6, 6.07) is 24.4. The predicted molar refractivity (Wildman–Crippen MR) is 158 cm³/mol. The molecule has 0 aromatic heterocycles. The Bertz CT molecular complexity index is 1270. The second-order valence-electron chi connectivity index (χ2n) is 10.9. The minimum atomic E-state index is -0.520. The number of aliphatic hydroxyl groups excluding tert-OH is 2. The first-order valence-corrected chi connectivity index (χ1v) is 14.6. The molecular formula is C33H41N3O5. The molecule has 41 heavy (non-hydrogen) atoms. The minimum Gasteiger partial charge on any atom is -0.395 e. The van der Waals surface area contributed by atoms with E-state index in [0.717, 1.165) is 65.7 Å². The van der Waals surface area contributed by atoms with E-state index in [1.807, 2.05) is 43.3 Å². The van der Waals surface area contributed by atoms with E-state index in [1.165, 1.54) is 0 Å². The Hall–Kier alpha value is -3.27. The fourth-order valence-corrected chi connectivity index (χ4v) is 5.74. The molecule has 2 fully saturated rings. The largest absolute Gasteiger partial charge is 0.395 e. The van der Waals surface area contributed by atoms with Crippen molar-refractivity contribution in [3.63, 3.8) is 0 Å². The third kappa shape index (κ3) is 7.52. The number of hydrogen-bond acceptors (Lipinski definition) is 6. The van der Waals surface area contributed by atoms with E-state index < -0.39 is 6.29 Å². The fourth-order valence-electron chi connectivity index (χ4n) is 5.74. The van der Waals surface area contributed by atoms with Gasteiger partial charge in [0, 0.05) is 37.7 Å². The number of carbonyl (C=O) groups excluding carboxylic acids is 1. The van der Waals surface area contributed by atoms with Gasteiger partial charge in [-0.3, -0.25) is 4.90 Å². The summed E-state index contributed by atoms with van der Waals surface area (Å²) in [4.78, 5) is 14.1. The van der Waals surface area contributed by atoms with Gasteiger partial charge in [-0.05, 0) is 60.2 Å². The van der Waals surface area contributed by atoms with Crippen molar-refractivity contribution in [1.29, 1.82) is 0 Å². The SMILES string of the molecule is CCNC(=O)NCc1cccc(-c2ccc([C@H]3O[C@@H](CN4CCC[C@H]4CO)C[C@@H](c4ccc(CO)cc4)O3)cc2)c1. The van der Waals surface area contributed by atoms with Crippen LogP contribution < -0.4 is 10.6 Å². The number of likely N-dealkylation sites (tertiary alicyclic amines) is 1. The van der Waals surface area contributed by atoms with E-state index in [9.17, 15) is 15.0 Å². The third-order valence-corrected chi connectivity index (χ3v) is 8.00. The molecular weight excluding hydrogens is 518 g/mol. The first kappa shape index (κ1) is 29.2. The van der Waals surface area contributed by atoms with Crippen LogP contribution in [-0.4, -0.2) is 59.5 Å². The van der Waals surface area contributed by atoms with Crippen LogP contribution in [0.25, 0.3) is 11.1 Å². The van der Waals surface area contributed by atoms with Crippen LogP contribution in [0.4, 0.5) is 4.79 Å². The molecule has 0 unspecified atom stereocenters. The van der Waals surface area contributed by atoms with Gasteiger partial charge >= 0.3 is 6.03 Å². The Kier molecular flexibility index (Phi) is 10.0. The van der Waals surface area contributed by atoms with Crippen LogP contribution >= 0.6 is 0 Å². The molecule has 0 spiro atoms. The van der Waals surface area contributed by atoms with Crippen molar-refractivity contribution in [2.45, 2.75) is 63.9 Å². The summed E-state index contributed by atoms with van der Waals surface area (Å²) in [5.74, 6) is 0. The normalized spacial score (nSPS) is 22.9. The molecule has 3 aromatic rings. The van der Waals surface area contributed by atoms with Gasteiger partial charge in [0.2, 0.25) is 0 Å². The quantitative estimate of drug-likeness (QED) is 0.288. The summed E-state index contributed by atoms with van der Waals surface area (Å²) in [6.45, 7) is 4.85. The van der Waals surface area contributed by atoms with Crippen molar-refractivity contribution < 1.29 is 24.5 Å². The number of ether oxygens (including phenoxy) is 2. The molecule has 8 nitrogen and oxygen atoms in total. The van der Waals surface area contributed by atoms with Crippen LogP contribution in [0.15, 0.2) is 72.8 Å². The van der Waals surface area contributed by atoms with E-state index in [2.05, 4.69) is 51.9 Å². The zero-order valence-electron chi connectivity index (χ0n) is 23.7. The minimum absolute atomic E-state index is 0.0115. The number of rotatable bonds is 10. The monoisotopic (exact) mass is 559 g/mol. The Morgan fingerprint density at radius 2 is 1.71 bits per heavy atom. The maximum Gasteiger partial charge on any atom is 0.315 e. The Morgan fingerprint density at radius 3 is 2.44 bits per heavy atom. The summed E-state index contributed by atoms with van der Waals surface area (Å²) >= 11 is 0. The number of aliphatic hydroxyl groups is 2. The number of amides is 2. The lowest BCUT2D eigenvalue weighted by atomic mass is 9.99. The number of urea groups is 1. The molecule has 0 bridgehead atoms. The van der Waals surface area contributed by atoms with E-state index >= 15 is 0 Å². The van der Waals surface area contributed by atoms with Crippen molar-refractivity contribution in [3.8, 4) is 11.1 Å². The van der Waals surface area contributed by atoms with E-state index in [-0.39, 0.29) is 37.5 Å². The third-order valence-electron chi connectivity index (χ3n) is 8.00. The molecule has 0 saturated carbocycles. The van der Waals surface area contributed by atoms with E-state index in [0.29, 0.717) is 13.1 Å². The molecule has 0 aliphatic carbocycles. The maximum atomic E-state index is 11.8. The number of benzene rings is 3. The van der Waals surface area contributed by atoms with E-state index in [1.54, 1.807) is 0 Å². The number of nitrogens with one attached hydrogen (secondary N) is 2. The highest BCUT2D eigenvalue weighted by molar-refractivity contribution is 5.73. The van der Waals surface area contributed by atoms with Crippen molar-refractivity contribution in [1.82, 2.24) is 15.5 Å². The van der Waals surface area contributed by atoms with Crippen molar-refractivity contribution in [3.05, 3.63) is 95.1 Å². The number of carbonyl (C=O) groups is 1. The maximum absolute atomic E-state index is 11.8. The molecule has 3 aromatic carbocycles. The zero-order valence-corrected chi connectivity index (χ0v) is 23.7. The first-order valence-electron chi connectivity index (χ1n) is 14.6. The molecule has 4 N–H and O–H groups in total. The second kappa shape index (κ2) is 14.1. The highest BCUT2D eigenvalue weighted by Gasteiger charge is 2.35. The number of nitrogens with zero attached hydrogens (tertiary/aromatic N) is 1. The van der Waals surface area contributed by atoms with Crippen molar-refractivity contribution >= 4 is 6.03 Å². The summed E-state index contributed by atoms with van der Waals surface area (Å²) in [5.41, 5.74) is 6.05. The summed E-state index contributed by atoms with van der Waals surface area (Å²) in [7, 11) is 0. The lowest BCUT2D eigenvalue weighted by Crippen LogP contribution is -2.42. The highest BCUT2D eigenvalue weighted by Crippen LogP contribution is 2.39. The fraction of sp³-hybridized carbons (Fsp3) is 0.424. The van der Waals surface area contributed by atoms with Crippen LogP contribution in [0.3, 0.4) is 0 Å². The molecule has 4 atom stereocenters. The van der Waals surface area contributed by atoms with Gasteiger partial charge in [0.1, 0.15) is 0 Å². The summed E-state index contributed by atoms with van der Waals surface area (Å²) < 4.78 is 13.1. The average Bonchev–Trinajstić information content (AvgIpc) is 3.47.